The average molecular weight is 153 g/mol. The number of carbonyl (C=O) groups is 1. The second kappa shape index (κ2) is 4.16. The Morgan fingerprint density at radius 1 is 1.27 bits per heavy atom. The molecule has 1 rings (SSSR count). The van der Waals surface area contributed by atoms with Crippen molar-refractivity contribution in [1.82, 2.24) is 0 Å². The highest BCUT2D eigenvalue weighted by Gasteiger charge is 2.05. The Morgan fingerprint density at radius 3 is 2.73 bits per heavy atom. The maximum Gasteiger partial charge on any atom is 0.244 e. The summed E-state index contributed by atoms with van der Waals surface area (Å²) in [5.41, 5.74) is 6.02. The first kappa shape index (κ1) is 8.31. The van der Waals surface area contributed by atoms with Crippen LogP contribution in [0.3, 0.4) is 0 Å². The van der Waals surface area contributed by atoms with Crippen molar-refractivity contribution in [3.63, 3.8) is 0 Å². The molecule has 2 nitrogen and oxygen atoms in total. The van der Waals surface area contributed by atoms with Crippen LogP contribution in [0.1, 0.15) is 38.5 Å². The number of carbonyl (C=O) groups excluding carboxylic acids is 1. The minimum Gasteiger partial charge on any atom is -0.366 e. The van der Waals surface area contributed by atoms with Crippen LogP contribution in [0.5, 0.6) is 0 Å². The molecule has 0 saturated heterocycles. The zero-order valence-corrected chi connectivity index (χ0v) is 6.81. The van der Waals surface area contributed by atoms with Crippen LogP contribution >= 0.6 is 0 Å². The Hall–Kier alpha value is -0.790. The van der Waals surface area contributed by atoms with Gasteiger partial charge in [-0.3, -0.25) is 4.79 Å². The molecule has 0 heterocycles. The Morgan fingerprint density at radius 2 is 2.00 bits per heavy atom. The fraction of sp³-hybridized carbons (Fsp3) is 0.667. The average Bonchev–Trinajstić information content (AvgIpc) is 1.84. The predicted octanol–water partition coefficient (Wildman–Crippen LogP) is 1.75. The van der Waals surface area contributed by atoms with Gasteiger partial charge in [-0.2, -0.15) is 0 Å². The van der Waals surface area contributed by atoms with E-state index in [9.17, 15) is 4.79 Å². The lowest BCUT2D eigenvalue weighted by molar-refractivity contribution is -0.114. The molecular formula is C9H15NO. The van der Waals surface area contributed by atoms with Crippen LogP contribution in [0.4, 0.5) is 0 Å². The van der Waals surface area contributed by atoms with Gasteiger partial charge in [0.15, 0.2) is 0 Å². The molecule has 2 heteroatoms. The molecule has 0 aromatic heterocycles. The standard InChI is InChI=1S/C9H15NO/c10-9(11)8-6-4-2-1-3-5-7-8/h6H,1-5,7H2,(H2,10,11)/b8-6-. The van der Waals surface area contributed by atoms with Crippen molar-refractivity contribution in [3.05, 3.63) is 11.6 Å². The molecule has 0 saturated carbocycles. The summed E-state index contributed by atoms with van der Waals surface area (Å²) in [6.07, 6.45) is 8.77. The second-order valence-corrected chi connectivity index (χ2v) is 3.05. The maximum absolute atomic E-state index is 10.8. The number of nitrogens with two attached hydrogens (primary N) is 1. The van der Waals surface area contributed by atoms with E-state index in [-0.39, 0.29) is 5.91 Å². The third kappa shape index (κ3) is 2.74. The summed E-state index contributed by atoms with van der Waals surface area (Å²) < 4.78 is 0. The van der Waals surface area contributed by atoms with Crippen molar-refractivity contribution in [2.45, 2.75) is 38.5 Å². The van der Waals surface area contributed by atoms with Gasteiger partial charge in [0.05, 0.1) is 0 Å². The topological polar surface area (TPSA) is 43.1 Å². The quantitative estimate of drug-likeness (QED) is 0.612. The van der Waals surface area contributed by atoms with Gasteiger partial charge in [0, 0.05) is 5.57 Å². The van der Waals surface area contributed by atoms with Gasteiger partial charge in [-0.05, 0) is 25.7 Å². The molecule has 1 aliphatic carbocycles. The maximum atomic E-state index is 10.8. The summed E-state index contributed by atoms with van der Waals surface area (Å²) >= 11 is 0. The van der Waals surface area contributed by atoms with Crippen LogP contribution in [0.25, 0.3) is 0 Å². The summed E-state index contributed by atoms with van der Waals surface area (Å²) in [7, 11) is 0. The largest absolute Gasteiger partial charge is 0.366 e. The van der Waals surface area contributed by atoms with Gasteiger partial charge in [-0.1, -0.05) is 18.9 Å². The normalized spacial score (nSPS) is 24.5. The van der Waals surface area contributed by atoms with Crippen LogP contribution in [0.2, 0.25) is 0 Å². The molecule has 0 fully saturated rings. The number of amides is 1. The Kier molecular flexibility index (Phi) is 3.14. The number of primary amides is 1. The molecular weight excluding hydrogens is 138 g/mol. The van der Waals surface area contributed by atoms with Gasteiger partial charge in [0.2, 0.25) is 5.91 Å². The molecule has 1 aliphatic rings. The monoisotopic (exact) mass is 153 g/mol. The summed E-state index contributed by atoms with van der Waals surface area (Å²) in [5, 5.41) is 0. The number of hydrogen-bond acceptors (Lipinski definition) is 1. The van der Waals surface area contributed by atoms with Crippen molar-refractivity contribution in [3.8, 4) is 0 Å². The molecule has 0 aromatic carbocycles. The first-order valence-corrected chi connectivity index (χ1v) is 4.29. The molecule has 11 heavy (non-hydrogen) atoms. The number of rotatable bonds is 1. The van der Waals surface area contributed by atoms with Crippen molar-refractivity contribution in [2.24, 2.45) is 5.73 Å². The summed E-state index contributed by atoms with van der Waals surface area (Å²) in [6.45, 7) is 0. The van der Waals surface area contributed by atoms with Gasteiger partial charge in [0.25, 0.3) is 0 Å². The predicted molar refractivity (Wildman–Crippen MR) is 45.0 cm³/mol. The zero-order valence-electron chi connectivity index (χ0n) is 6.81. The van der Waals surface area contributed by atoms with E-state index in [0.29, 0.717) is 0 Å². The highest BCUT2D eigenvalue weighted by molar-refractivity contribution is 5.91. The molecule has 0 aromatic rings. The number of hydrogen-bond donors (Lipinski definition) is 1. The minimum atomic E-state index is -0.230. The van der Waals surface area contributed by atoms with E-state index < -0.39 is 0 Å². The number of allylic oxidation sites excluding steroid dienone is 1. The lowest BCUT2D eigenvalue weighted by Gasteiger charge is -2.07. The van der Waals surface area contributed by atoms with Gasteiger partial charge in [-0.15, -0.1) is 0 Å². The Balaban J connectivity index is 2.52. The van der Waals surface area contributed by atoms with Crippen LogP contribution in [0, 0.1) is 0 Å². The summed E-state index contributed by atoms with van der Waals surface area (Å²) in [5.74, 6) is -0.230. The van der Waals surface area contributed by atoms with Crippen LogP contribution in [-0.4, -0.2) is 5.91 Å². The van der Waals surface area contributed by atoms with Crippen molar-refractivity contribution >= 4 is 5.91 Å². The van der Waals surface area contributed by atoms with Crippen molar-refractivity contribution in [1.29, 1.82) is 0 Å². The zero-order chi connectivity index (χ0) is 8.10. The van der Waals surface area contributed by atoms with E-state index in [4.69, 9.17) is 5.73 Å². The summed E-state index contributed by atoms with van der Waals surface area (Å²) in [4.78, 5) is 10.8. The summed E-state index contributed by atoms with van der Waals surface area (Å²) in [6, 6.07) is 0. The molecule has 2 N–H and O–H groups in total. The molecule has 0 atom stereocenters. The van der Waals surface area contributed by atoms with Gasteiger partial charge < -0.3 is 5.73 Å². The smallest absolute Gasteiger partial charge is 0.244 e. The van der Waals surface area contributed by atoms with Gasteiger partial charge >= 0.3 is 0 Å². The van der Waals surface area contributed by atoms with Crippen LogP contribution in [0.15, 0.2) is 11.6 Å². The van der Waals surface area contributed by atoms with E-state index >= 15 is 0 Å². The fourth-order valence-corrected chi connectivity index (χ4v) is 1.42. The van der Waals surface area contributed by atoms with E-state index in [1.807, 2.05) is 6.08 Å². The molecule has 0 radical (unpaired) electrons. The highest BCUT2D eigenvalue weighted by Crippen LogP contribution is 2.16. The third-order valence-electron chi connectivity index (χ3n) is 2.11. The van der Waals surface area contributed by atoms with E-state index in [1.54, 1.807) is 0 Å². The molecule has 62 valence electrons. The highest BCUT2D eigenvalue weighted by atomic mass is 16.1. The van der Waals surface area contributed by atoms with E-state index in [0.717, 1.165) is 24.8 Å². The molecule has 0 unspecified atom stereocenters. The third-order valence-corrected chi connectivity index (χ3v) is 2.11. The molecule has 0 bridgehead atoms. The first-order chi connectivity index (χ1) is 5.30. The Labute approximate surface area is 67.5 Å². The van der Waals surface area contributed by atoms with Crippen LogP contribution < -0.4 is 5.73 Å². The Bertz CT molecular complexity index is 172. The lowest BCUT2D eigenvalue weighted by Crippen LogP contribution is -2.14. The molecule has 1 amide bonds. The second-order valence-electron chi connectivity index (χ2n) is 3.05. The van der Waals surface area contributed by atoms with Gasteiger partial charge in [0.1, 0.15) is 0 Å². The minimum absolute atomic E-state index is 0.230. The lowest BCUT2D eigenvalue weighted by atomic mass is 10.00. The van der Waals surface area contributed by atoms with Crippen molar-refractivity contribution < 1.29 is 4.79 Å². The van der Waals surface area contributed by atoms with Gasteiger partial charge in [-0.25, -0.2) is 0 Å². The molecule has 0 aliphatic heterocycles. The molecule has 0 spiro atoms. The SMILES string of the molecule is NC(=O)/C1=C\CCCCCC1. The van der Waals surface area contributed by atoms with Crippen molar-refractivity contribution in [2.75, 3.05) is 0 Å². The van der Waals surface area contributed by atoms with E-state index in [2.05, 4.69) is 0 Å². The fourth-order valence-electron chi connectivity index (χ4n) is 1.42. The first-order valence-electron chi connectivity index (χ1n) is 4.29. The van der Waals surface area contributed by atoms with Crippen LogP contribution in [-0.2, 0) is 4.79 Å². The van der Waals surface area contributed by atoms with E-state index in [1.165, 1.54) is 19.3 Å².